The van der Waals surface area contributed by atoms with Crippen molar-refractivity contribution in [2.75, 3.05) is 18.5 Å². The lowest BCUT2D eigenvalue weighted by Crippen LogP contribution is -2.22. The first-order valence-corrected chi connectivity index (χ1v) is 5.87. The van der Waals surface area contributed by atoms with Crippen molar-refractivity contribution in [2.24, 2.45) is 0 Å². The minimum Gasteiger partial charge on any atom is -0.372 e. The van der Waals surface area contributed by atoms with Gasteiger partial charge in [-0.25, -0.2) is 4.39 Å². The Labute approximate surface area is 108 Å². The quantitative estimate of drug-likeness (QED) is 0.588. The normalized spacial score (nSPS) is 13.5. The van der Waals surface area contributed by atoms with Crippen LogP contribution in [0, 0.1) is 5.82 Å². The number of benzene rings is 1. The van der Waals surface area contributed by atoms with Crippen molar-refractivity contribution in [2.45, 2.75) is 24.9 Å². The van der Waals surface area contributed by atoms with Gasteiger partial charge in [-0.1, -0.05) is 0 Å². The molecule has 0 aliphatic carbocycles. The smallest absolute Gasteiger partial charge is 0.372 e. The molecular weight excluding hydrogens is 270 g/mol. The molecule has 0 fully saturated rings. The van der Waals surface area contributed by atoms with E-state index in [1.165, 1.54) is 0 Å². The minimum atomic E-state index is -4.53. The van der Waals surface area contributed by atoms with E-state index in [4.69, 9.17) is 11.6 Å². The third-order valence-electron chi connectivity index (χ3n) is 2.55. The molecule has 18 heavy (non-hydrogen) atoms. The predicted octanol–water partition coefficient (Wildman–Crippen LogP) is 4.30. The van der Waals surface area contributed by atoms with E-state index in [0.717, 1.165) is 12.1 Å². The Bertz CT molecular complexity index is 404. The van der Waals surface area contributed by atoms with Crippen molar-refractivity contribution in [3.63, 3.8) is 0 Å². The summed E-state index contributed by atoms with van der Waals surface area (Å²) in [6.45, 7) is 2.28. The number of halogens is 5. The first-order chi connectivity index (χ1) is 8.21. The molecule has 0 bridgehead atoms. The fourth-order valence-corrected chi connectivity index (χ4v) is 1.58. The van der Waals surface area contributed by atoms with Gasteiger partial charge in [0.25, 0.3) is 0 Å². The van der Waals surface area contributed by atoms with E-state index in [0.29, 0.717) is 19.0 Å². The molecule has 0 N–H and O–H groups in total. The van der Waals surface area contributed by atoms with Gasteiger partial charge in [-0.15, -0.1) is 11.6 Å². The van der Waals surface area contributed by atoms with Crippen LogP contribution in [-0.4, -0.2) is 19.0 Å². The lowest BCUT2D eigenvalue weighted by molar-refractivity contribution is -0.137. The molecule has 0 heterocycles. The van der Waals surface area contributed by atoms with Crippen LogP contribution in [0.3, 0.4) is 0 Å². The maximum atomic E-state index is 13.6. The van der Waals surface area contributed by atoms with Crippen molar-refractivity contribution in [3.8, 4) is 0 Å². The highest BCUT2D eigenvalue weighted by Crippen LogP contribution is 2.32. The highest BCUT2D eigenvalue weighted by atomic mass is 35.5. The van der Waals surface area contributed by atoms with Crippen LogP contribution < -0.4 is 4.90 Å². The van der Waals surface area contributed by atoms with Gasteiger partial charge in [-0.3, -0.25) is 0 Å². The summed E-state index contributed by atoms with van der Waals surface area (Å²) in [7, 11) is 1.62. The van der Waals surface area contributed by atoms with Gasteiger partial charge in [0, 0.05) is 19.0 Å². The maximum absolute atomic E-state index is 13.6. The van der Waals surface area contributed by atoms with E-state index in [1.54, 1.807) is 18.9 Å². The van der Waals surface area contributed by atoms with Crippen LogP contribution in [0.25, 0.3) is 0 Å². The van der Waals surface area contributed by atoms with Crippen molar-refractivity contribution in [1.29, 1.82) is 0 Å². The lowest BCUT2D eigenvalue weighted by Gasteiger charge is -2.21. The predicted molar refractivity (Wildman–Crippen MR) is 64.6 cm³/mol. The van der Waals surface area contributed by atoms with Crippen molar-refractivity contribution in [3.05, 3.63) is 29.6 Å². The molecule has 1 nitrogen and oxygen atoms in total. The number of nitrogens with zero attached hydrogens (tertiary/aromatic N) is 1. The summed E-state index contributed by atoms with van der Waals surface area (Å²) in [5.41, 5.74) is -0.844. The first kappa shape index (κ1) is 15.1. The van der Waals surface area contributed by atoms with Crippen LogP contribution >= 0.6 is 11.6 Å². The largest absolute Gasteiger partial charge is 0.416 e. The Morgan fingerprint density at radius 1 is 1.33 bits per heavy atom. The summed E-state index contributed by atoms with van der Waals surface area (Å²) in [5.74, 6) is -0.880. The number of rotatable bonds is 4. The van der Waals surface area contributed by atoms with E-state index in [9.17, 15) is 17.6 Å². The summed E-state index contributed by atoms with van der Waals surface area (Å²) in [6.07, 6.45) is -3.90. The highest BCUT2D eigenvalue weighted by Gasteiger charge is 2.31. The topological polar surface area (TPSA) is 3.24 Å². The fourth-order valence-electron chi connectivity index (χ4n) is 1.48. The second-order valence-corrected chi connectivity index (χ2v) is 4.90. The van der Waals surface area contributed by atoms with Crippen molar-refractivity contribution in [1.82, 2.24) is 0 Å². The molecule has 1 unspecified atom stereocenters. The van der Waals surface area contributed by atoms with Crippen LogP contribution in [0.4, 0.5) is 23.2 Å². The van der Waals surface area contributed by atoms with E-state index in [2.05, 4.69) is 0 Å². The van der Waals surface area contributed by atoms with Crippen LogP contribution in [0.2, 0.25) is 0 Å². The van der Waals surface area contributed by atoms with Crippen molar-refractivity contribution >= 4 is 17.3 Å². The summed E-state index contributed by atoms with van der Waals surface area (Å²) in [6, 6.07) is 2.52. The molecule has 0 amide bonds. The fraction of sp³-hybridized carbons (Fsp3) is 0.500. The molecule has 1 aromatic rings. The van der Waals surface area contributed by atoms with E-state index in [1.807, 2.05) is 0 Å². The number of anilines is 1. The SMILES string of the molecule is CC(Cl)CCN(C)c1ccc(C(F)(F)F)cc1F. The second kappa shape index (κ2) is 5.78. The van der Waals surface area contributed by atoms with Crippen LogP contribution in [0.5, 0.6) is 0 Å². The molecule has 1 atom stereocenters. The zero-order valence-corrected chi connectivity index (χ0v) is 10.8. The Kier molecular flexibility index (Phi) is 4.85. The van der Waals surface area contributed by atoms with Gasteiger partial charge in [-0.2, -0.15) is 13.2 Å². The maximum Gasteiger partial charge on any atom is 0.416 e. The molecule has 0 aliphatic rings. The number of alkyl halides is 4. The molecule has 102 valence electrons. The number of hydrogen-bond acceptors (Lipinski definition) is 1. The summed E-state index contributed by atoms with van der Waals surface area (Å²) < 4.78 is 50.7. The average Bonchev–Trinajstić information content (AvgIpc) is 2.24. The standard InChI is InChI=1S/C12H14ClF4N/c1-8(13)5-6-18(2)11-4-3-9(7-10(11)14)12(15,16)17/h3-4,7-8H,5-6H2,1-2H3. The third kappa shape index (κ3) is 4.05. The Hall–Kier alpha value is -0.970. The third-order valence-corrected chi connectivity index (χ3v) is 2.77. The molecule has 1 rings (SSSR count). The molecule has 0 radical (unpaired) electrons. The summed E-state index contributed by atoms with van der Waals surface area (Å²) in [4.78, 5) is 1.55. The summed E-state index contributed by atoms with van der Waals surface area (Å²) >= 11 is 5.76. The van der Waals surface area contributed by atoms with Crippen LogP contribution in [0.15, 0.2) is 18.2 Å². The van der Waals surface area contributed by atoms with Gasteiger partial charge in [-0.05, 0) is 31.5 Å². The Morgan fingerprint density at radius 3 is 2.39 bits per heavy atom. The molecule has 6 heteroatoms. The first-order valence-electron chi connectivity index (χ1n) is 5.43. The minimum absolute atomic E-state index is 0.0649. The van der Waals surface area contributed by atoms with Gasteiger partial charge in [0.15, 0.2) is 0 Å². The molecule has 0 saturated heterocycles. The molecular formula is C12H14ClF4N. The molecule has 1 aromatic carbocycles. The lowest BCUT2D eigenvalue weighted by atomic mass is 10.1. The second-order valence-electron chi connectivity index (χ2n) is 4.15. The highest BCUT2D eigenvalue weighted by molar-refractivity contribution is 6.20. The van der Waals surface area contributed by atoms with Gasteiger partial charge in [0.05, 0.1) is 11.3 Å². The van der Waals surface area contributed by atoms with Gasteiger partial charge < -0.3 is 4.90 Å². The van der Waals surface area contributed by atoms with Gasteiger partial charge in [0.2, 0.25) is 0 Å². The van der Waals surface area contributed by atoms with E-state index >= 15 is 0 Å². The zero-order chi connectivity index (χ0) is 13.9. The summed E-state index contributed by atoms with van der Waals surface area (Å²) in [5, 5.41) is -0.0649. The van der Waals surface area contributed by atoms with E-state index < -0.39 is 17.6 Å². The molecule has 0 aliphatic heterocycles. The zero-order valence-electron chi connectivity index (χ0n) is 10.1. The van der Waals surface area contributed by atoms with E-state index in [-0.39, 0.29) is 11.1 Å². The van der Waals surface area contributed by atoms with Crippen molar-refractivity contribution < 1.29 is 17.6 Å². The molecule has 0 saturated carbocycles. The average molecular weight is 284 g/mol. The van der Waals surface area contributed by atoms with Crippen LogP contribution in [-0.2, 0) is 6.18 Å². The Balaban J connectivity index is 2.85. The monoisotopic (exact) mass is 283 g/mol. The van der Waals surface area contributed by atoms with Crippen LogP contribution in [0.1, 0.15) is 18.9 Å². The molecule has 0 aromatic heterocycles. The Morgan fingerprint density at radius 2 is 1.94 bits per heavy atom. The molecule has 0 spiro atoms. The van der Waals surface area contributed by atoms with Gasteiger partial charge in [0.1, 0.15) is 5.82 Å². The van der Waals surface area contributed by atoms with Gasteiger partial charge >= 0.3 is 6.18 Å². The number of hydrogen-bond donors (Lipinski definition) is 0.